The van der Waals surface area contributed by atoms with Crippen molar-refractivity contribution in [2.75, 3.05) is 13.2 Å². The molecule has 3 aromatic carbocycles. The maximum atomic E-state index is 12.9. The van der Waals surface area contributed by atoms with Crippen LogP contribution in [0.25, 0.3) is 21.9 Å². The van der Waals surface area contributed by atoms with E-state index in [1.165, 1.54) is 0 Å². The van der Waals surface area contributed by atoms with E-state index in [1.807, 2.05) is 36.4 Å². The fourth-order valence-corrected chi connectivity index (χ4v) is 4.45. The fourth-order valence-electron chi connectivity index (χ4n) is 2.82. The van der Waals surface area contributed by atoms with Gasteiger partial charge in [0.1, 0.15) is 11.1 Å². The predicted octanol–water partition coefficient (Wildman–Crippen LogP) is 5.10. The van der Waals surface area contributed by atoms with E-state index in [-0.39, 0.29) is 24.3 Å². The normalized spacial score (nSPS) is 11.8. The second kappa shape index (κ2) is 7.40. The van der Waals surface area contributed by atoms with Crippen LogP contribution in [0, 0.1) is 0 Å². The molecule has 0 radical (unpaired) electrons. The smallest absolute Gasteiger partial charge is 0.365 e. The van der Waals surface area contributed by atoms with Gasteiger partial charge < -0.3 is 14.2 Å². The Morgan fingerprint density at radius 2 is 1.44 bits per heavy atom. The number of rotatable bonds is 6. The minimum atomic E-state index is -3.51. The van der Waals surface area contributed by atoms with E-state index in [4.69, 9.17) is 9.05 Å². The minimum absolute atomic E-state index is 0.0871. The van der Waals surface area contributed by atoms with Gasteiger partial charge in [-0.15, -0.1) is 0 Å². The van der Waals surface area contributed by atoms with Crippen LogP contribution in [-0.4, -0.2) is 18.3 Å². The van der Waals surface area contributed by atoms with Gasteiger partial charge in [-0.3, -0.25) is 4.57 Å². The molecule has 0 aliphatic carbocycles. The maximum Gasteiger partial charge on any atom is 0.365 e. The SMILES string of the molecule is CCOP(=O)(OCC)c1ccc(-c2ccc3ccccc3c2)cc1O. The molecule has 0 saturated carbocycles. The summed E-state index contributed by atoms with van der Waals surface area (Å²) in [6, 6.07) is 19.2. The summed E-state index contributed by atoms with van der Waals surface area (Å²) in [5.41, 5.74) is 1.81. The second-order valence-corrected chi connectivity index (χ2v) is 7.59. The lowest BCUT2D eigenvalue weighted by Crippen LogP contribution is -2.11. The van der Waals surface area contributed by atoms with Crippen molar-refractivity contribution in [3.63, 3.8) is 0 Å². The summed E-state index contributed by atoms with van der Waals surface area (Å²) in [6.45, 7) is 3.96. The molecule has 0 spiro atoms. The first-order chi connectivity index (χ1) is 12.1. The highest BCUT2D eigenvalue weighted by Gasteiger charge is 2.30. The Balaban J connectivity index is 2.02. The molecule has 0 aromatic heterocycles. The van der Waals surface area contributed by atoms with Crippen molar-refractivity contribution in [3.8, 4) is 16.9 Å². The van der Waals surface area contributed by atoms with Gasteiger partial charge in [-0.1, -0.05) is 42.5 Å². The summed E-state index contributed by atoms with van der Waals surface area (Å²) >= 11 is 0. The number of hydrogen-bond acceptors (Lipinski definition) is 4. The Hall–Kier alpha value is -2.13. The first kappa shape index (κ1) is 17.7. The fraction of sp³-hybridized carbons (Fsp3) is 0.200. The molecule has 3 rings (SSSR count). The average molecular weight is 356 g/mol. The molecule has 5 heteroatoms. The highest BCUT2D eigenvalue weighted by Crippen LogP contribution is 2.49. The van der Waals surface area contributed by atoms with Crippen LogP contribution in [0.4, 0.5) is 0 Å². The summed E-state index contributed by atoms with van der Waals surface area (Å²) in [7, 11) is -3.51. The maximum absolute atomic E-state index is 12.9. The van der Waals surface area contributed by atoms with Crippen LogP contribution in [0.5, 0.6) is 5.75 Å². The van der Waals surface area contributed by atoms with E-state index >= 15 is 0 Å². The van der Waals surface area contributed by atoms with Crippen LogP contribution in [0.2, 0.25) is 0 Å². The van der Waals surface area contributed by atoms with Crippen molar-refractivity contribution < 1.29 is 18.7 Å². The predicted molar refractivity (Wildman–Crippen MR) is 102 cm³/mol. The number of fused-ring (bicyclic) bond motifs is 1. The Bertz CT molecular complexity index is 926. The van der Waals surface area contributed by atoms with Crippen LogP contribution < -0.4 is 5.30 Å². The Labute approximate surface area is 147 Å². The highest BCUT2D eigenvalue weighted by molar-refractivity contribution is 7.62. The largest absolute Gasteiger partial charge is 0.507 e. The number of benzene rings is 3. The van der Waals surface area contributed by atoms with E-state index in [1.54, 1.807) is 26.0 Å². The van der Waals surface area contributed by atoms with Gasteiger partial charge >= 0.3 is 7.60 Å². The molecule has 0 amide bonds. The minimum Gasteiger partial charge on any atom is -0.507 e. The topological polar surface area (TPSA) is 55.8 Å². The lowest BCUT2D eigenvalue weighted by Gasteiger charge is -2.18. The molecule has 0 fully saturated rings. The summed E-state index contributed by atoms with van der Waals surface area (Å²) in [5, 5.41) is 12.9. The molecular formula is C20H21O4P. The third-order valence-electron chi connectivity index (χ3n) is 3.95. The quantitative estimate of drug-likeness (QED) is 0.624. The zero-order valence-electron chi connectivity index (χ0n) is 14.3. The summed E-state index contributed by atoms with van der Waals surface area (Å²) in [6.07, 6.45) is 0. The zero-order valence-corrected chi connectivity index (χ0v) is 15.2. The van der Waals surface area contributed by atoms with Crippen LogP contribution in [0.15, 0.2) is 60.7 Å². The van der Waals surface area contributed by atoms with Crippen molar-refractivity contribution in [1.82, 2.24) is 0 Å². The van der Waals surface area contributed by atoms with Crippen molar-refractivity contribution in [2.24, 2.45) is 0 Å². The molecular weight excluding hydrogens is 335 g/mol. The van der Waals surface area contributed by atoms with Crippen LogP contribution in [0.3, 0.4) is 0 Å². The summed E-state index contributed by atoms with van der Waals surface area (Å²) < 4.78 is 23.5. The molecule has 0 bridgehead atoms. The Morgan fingerprint density at radius 1 is 0.840 bits per heavy atom. The molecule has 0 unspecified atom stereocenters. The first-order valence-electron chi connectivity index (χ1n) is 8.29. The summed E-state index contributed by atoms with van der Waals surface area (Å²) in [5.74, 6) is -0.0871. The van der Waals surface area contributed by atoms with Gasteiger partial charge in [-0.05, 0) is 53.9 Å². The lowest BCUT2D eigenvalue weighted by molar-refractivity contribution is 0.229. The Kier molecular flexibility index (Phi) is 5.24. The molecule has 130 valence electrons. The van der Waals surface area contributed by atoms with E-state index in [2.05, 4.69) is 12.1 Å². The molecule has 1 N–H and O–H groups in total. The van der Waals surface area contributed by atoms with Gasteiger partial charge in [0, 0.05) is 0 Å². The molecule has 0 aliphatic rings. The van der Waals surface area contributed by atoms with Gasteiger partial charge in [-0.2, -0.15) is 0 Å². The highest BCUT2D eigenvalue weighted by atomic mass is 31.2. The van der Waals surface area contributed by atoms with E-state index in [0.29, 0.717) is 0 Å². The van der Waals surface area contributed by atoms with E-state index in [9.17, 15) is 9.67 Å². The molecule has 25 heavy (non-hydrogen) atoms. The van der Waals surface area contributed by atoms with Gasteiger partial charge in [-0.25, -0.2) is 0 Å². The third kappa shape index (κ3) is 3.62. The summed E-state index contributed by atoms with van der Waals surface area (Å²) in [4.78, 5) is 0. The van der Waals surface area contributed by atoms with Crippen molar-refractivity contribution in [1.29, 1.82) is 0 Å². The lowest BCUT2D eigenvalue weighted by atomic mass is 10.0. The van der Waals surface area contributed by atoms with Crippen molar-refractivity contribution >= 4 is 23.7 Å². The van der Waals surface area contributed by atoms with Crippen LogP contribution in [-0.2, 0) is 13.6 Å². The van der Waals surface area contributed by atoms with E-state index < -0.39 is 7.60 Å². The number of hydrogen-bond donors (Lipinski definition) is 1. The molecule has 0 aliphatic heterocycles. The molecule has 3 aromatic rings. The molecule has 0 saturated heterocycles. The number of aromatic hydroxyl groups is 1. The molecule has 4 nitrogen and oxygen atoms in total. The standard InChI is InChI=1S/C20H21O4P/c1-3-23-25(22,24-4-2)20-12-11-18(14-19(20)21)17-10-9-15-7-5-6-8-16(15)13-17/h5-14,21H,3-4H2,1-2H3. The van der Waals surface area contributed by atoms with Crippen molar-refractivity contribution in [2.45, 2.75) is 13.8 Å². The average Bonchev–Trinajstić information content (AvgIpc) is 2.61. The number of phenols is 1. The van der Waals surface area contributed by atoms with Gasteiger partial charge in [0.25, 0.3) is 0 Å². The zero-order chi connectivity index (χ0) is 17.9. The van der Waals surface area contributed by atoms with Gasteiger partial charge in [0.15, 0.2) is 0 Å². The van der Waals surface area contributed by atoms with Gasteiger partial charge in [0.2, 0.25) is 0 Å². The van der Waals surface area contributed by atoms with Crippen LogP contribution >= 0.6 is 7.60 Å². The molecule has 0 atom stereocenters. The second-order valence-electron chi connectivity index (χ2n) is 5.60. The molecule has 0 heterocycles. The first-order valence-corrected chi connectivity index (χ1v) is 9.83. The van der Waals surface area contributed by atoms with Crippen molar-refractivity contribution in [3.05, 3.63) is 60.7 Å². The Morgan fingerprint density at radius 3 is 2.08 bits per heavy atom. The monoisotopic (exact) mass is 356 g/mol. The van der Waals surface area contributed by atoms with Gasteiger partial charge in [0.05, 0.1) is 13.2 Å². The van der Waals surface area contributed by atoms with Crippen LogP contribution in [0.1, 0.15) is 13.8 Å². The van der Waals surface area contributed by atoms with E-state index in [0.717, 1.165) is 21.9 Å². The number of phenolic OH excluding ortho intramolecular Hbond substituents is 1. The third-order valence-corrected chi connectivity index (χ3v) is 6.12.